The van der Waals surface area contributed by atoms with Gasteiger partial charge in [0.25, 0.3) is 0 Å². The van der Waals surface area contributed by atoms with E-state index in [4.69, 9.17) is 32.7 Å². The number of nitrogens with one attached hydrogen (secondary N) is 1. The highest BCUT2D eigenvalue weighted by Gasteiger charge is 2.29. The Balaban J connectivity index is 2.37. The van der Waals surface area contributed by atoms with Crippen LogP contribution in [-0.4, -0.2) is 50.5 Å². The molecule has 1 heterocycles. The standard InChI is InChI=1S/C19H26Cl2N2O5S/c1-5-29(25,26)22-11-14-12-23(18(24)28-19(2,3)4)8-9-27-17(14)13-6-7-15(20)16(21)10-13/h6-7,10-11,17,22H,5,8-9,12H2,1-4H3/t17-/m0/s1. The third-order valence-electron chi connectivity index (χ3n) is 4.06. The Morgan fingerprint density at radius 2 is 2.03 bits per heavy atom. The zero-order chi connectivity index (χ0) is 21.8. The maximum atomic E-state index is 12.6. The summed E-state index contributed by atoms with van der Waals surface area (Å²) >= 11 is 12.1. The van der Waals surface area contributed by atoms with E-state index in [1.165, 1.54) is 18.0 Å². The van der Waals surface area contributed by atoms with Crippen molar-refractivity contribution >= 4 is 39.3 Å². The molecule has 0 aliphatic carbocycles. The van der Waals surface area contributed by atoms with Gasteiger partial charge in [-0.05, 0) is 51.0 Å². The largest absolute Gasteiger partial charge is 0.444 e. The summed E-state index contributed by atoms with van der Waals surface area (Å²) in [6.45, 7) is 7.55. The number of benzene rings is 1. The van der Waals surface area contributed by atoms with Gasteiger partial charge in [-0.15, -0.1) is 0 Å². The van der Waals surface area contributed by atoms with E-state index in [2.05, 4.69) is 4.72 Å². The summed E-state index contributed by atoms with van der Waals surface area (Å²) in [6.07, 6.45) is 0.270. The van der Waals surface area contributed by atoms with Gasteiger partial charge in [0.05, 0.1) is 22.4 Å². The minimum atomic E-state index is -3.48. The molecule has 0 aromatic heterocycles. The molecule has 1 aliphatic heterocycles. The van der Waals surface area contributed by atoms with Crippen LogP contribution in [0.2, 0.25) is 10.0 Å². The monoisotopic (exact) mass is 464 g/mol. The van der Waals surface area contributed by atoms with Gasteiger partial charge in [0.2, 0.25) is 10.0 Å². The normalized spacial score (nSPS) is 19.7. The fourth-order valence-electron chi connectivity index (χ4n) is 2.61. The number of hydrogen-bond donors (Lipinski definition) is 1. The Morgan fingerprint density at radius 1 is 1.34 bits per heavy atom. The van der Waals surface area contributed by atoms with Crippen LogP contribution >= 0.6 is 23.2 Å². The maximum absolute atomic E-state index is 12.6. The van der Waals surface area contributed by atoms with Crippen molar-refractivity contribution in [3.63, 3.8) is 0 Å². The molecule has 1 aliphatic rings. The summed E-state index contributed by atoms with van der Waals surface area (Å²) in [6, 6.07) is 5.07. The molecule has 0 saturated carbocycles. The van der Waals surface area contributed by atoms with Gasteiger partial charge in [0.1, 0.15) is 11.7 Å². The molecule has 1 fully saturated rings. The van der Waals surface area contributed by atoms with Gasteiger partial charge in [0.15, 0.2) is 0 Å². The lowest BCUT2D eigenvalue weighted by atomic mass is 10.0. The van der Waals surface area contributed by atoms with Crippen molar-refractivity contribution in [3.05, 3.63) is 45.6 Å². The fourth-order valence-corrected chi connectivity index (χ4v) is 3.41. The smallest absolute Gasteiger partial charge is 0.410 e. The van der Waals surface area contributed by atoms with Crippen molar-refractivity contribution in [1.29, 1.82) is 0 Å². The summed E-state index contributed by atoms with van der Waals surface area (Å²) in [7, 11) is -3.48. The van der Waals surface area contributed by atoms with Crippen molar-refractivity contribution in [1.82, 2.24) is 9.62 Å². The second-order valence-corrected chi connectivity index (χ2v) is 10.4. The van der Waals surface area contributed by atoms with Crippen LogP contribution in [0.4, 0.5) is 4.79 Å². The molecule has 0 unspecified atom stereocenters. The van der Waals surface area contributed by atoms with E-state index in [0.717, 1.165) is 0 Å². The van der Waals surface area contributed by atoms with Crippen LogP contribution in [0.15, 0.2) is 30.0 Å². The Labute approximate surface area is 182 Å². The van der Waals surface area contributed by atoms with Crippen LogP contribution < -0.4 is 4.72 Å². The van der Waals surface area contributed by atoms with E-state index < -0.39 is 27.8 Å². The quantitative estimate of drug-likeness (QED) is 0.723. The molecule has 0 spiro atoms. The minimum absolute atomic E-state index is 0.0785. The van der Waals surface area contributed by atoms with Gasteiger partial charge in [-0.2, -0.15) is 0 Å². The molecule has 10 heteroatoms. The van der Waals surface area contributed by atoms with Gasteiger partial charge in [0, 0.05) is 19.3 Å². The zero-order valence-electron chi connectivity index (χ0n) is 16.9. The predicted octanol–water partition coefficient (Wildman–Crippen LogP) is 4.13. The number of nitrogens with zero attached hydrogens (tertiary/aromatic N) is 1. The number of carbonyl (C=O) groups excluding carboxylic acids is 1. The number of amides is 1. The van der Waals surface area contributed by atoms with Crippen molar-refractivity contribution in [2.45, 2.75) is 39.4 Å². The summed E-state index contributed by atoms with van der Waals surface area (Å²) in [5.41, 5.74) is 0.595. The van der Waals surface area contributed by atoms with Gasteiger partial charge < -0.3 is 14.4 Å². The van der Waals surface area contributed by atoms with Crippen LogP contribution in [0, 0.1) is 0 Å². The molecular weight excluding hydrogens is 439 g/mol. The minimum Gasteiger partial charge on any atom is -0.444 e. The lowest BCUT2D eigenvalue weighted by Gasteiger charge is -2.27. The SMILES string of the molecule is CCS(=O)(=O)NC=C1CN(C(=O)OC(C)(C)C)CCO[C@H]1c1ccc(Cl)c(Cl)c1. The first-order chi connectivity index (χ1) is 13.4. The molecule has 29 heavy (non-hydrogen) atoms. The second kappa shape index (κ2) is 9.55. The Kier molecular flexibility index (Phi) is 7.84. The van der Waals surface area contributed by atoms with Crippen molar-refractivity contribution in [2.24, 2.45) is 0 Å². The number of halogens is 2. The number of rotatable bonds is 4. The van der Waals surface area contributed by atoms with Gasteiger partial charge in [-0.3, -0.25) is 4.72 Å². The average molecular weight is 465 g/mol. The predicted molar refractivity (Wildman–Crippen MR) is 114 cm³/mol. The molecule has 0 bridgehead atoms. The van der Waals surface area contributed by atoms with Crippen LogP contribution in [0.5, 0.6) is 0 Å². The zero-order valence-corrected chi connectivity index (χ0v) is 19.2. The maximum Gasteiger partial charge on any atom is 0.410 e. The van der Waals surface area contributed by atoms with E-state index in [1.807, 2.05) is 0 Å². The third kappa shape index (κ3) is 7.06. The summed E-state index contributed by atoms with van der Waals surface area (Å²) in [4.78, 5) is 14.0. The van der Waals surface area contributed by atoms with E-state index >= 15 is 0 Å². The number of hydrogen-bond acceptors (Lipinski definition) is 5. The molecule has 2 rings (SSSR count). The van der Waals surface area contributed by atoms with Gasteiger partial charge in [-0.25, -0.2) is 13.2 Å². The van der Waals surface area contributed by atoms with E-state index in [0.29, 0.717) is 27.7 Å². The molecule has 1 aromatic carbocycles. The Morgan fingerprint density at radius 3 is 2.62 bits per heavy atom. The van der Waals surface area contributed by atoms with Crippen LogP contribution in [0.25, 0.3) is 0 Å². The lowest BCUT2D eigenvalue weighted by molar-refractivity contribution is 0.0231. The topological polar surface area (TPSA) is 84.9 Å². The summed E-state index contributed by atoms with van der Waals surface area (Å²) < 4.78 is 37.7. The van der Waals surface area contributed by atoms with Crippen LogP contribution in [-0.2, 0) is 19.5 Å². The lowest BCUT2D eigenvalue weighted by Crippen LogP contribution is -2.38. The molecule has 1 saturated heterocycles. The summed E-state index contributed by atoms with van der Waals surface area (Å²) in [5, 5.41) is 0.756. The highest BCUT2D eigenvalue weighted by Crippen LogP contribution is 2.33. The van der Waals surface area contributed by atoms with Crippen molar-refractivity contribution in [2.75, 3.05) is 25.4 Å². The highest BCUT2D eigenvalue weighted by atomic mass is 35.5. The molecule has 1 amide bonds. The molecule has 7 nitrogen and oxygen atoms in total. The van der Waals surface area contributed by atoms with E-state index in [-0.39, 0.29) is 18.9 Å². The number of carbonyl (C=O) groups is 1. The second-order valence-electron chi connectivity index (χ2n) is 7.57. The van der Waals surface area contributed by atoms with E-state index in [1.54, 1.807) is 39.0 Å². The van der Waals surface area contributed by atoms with Gasteiger partial charge in [-0.1, -0.05) is 29.3 Å². The van der Waals surface area contributed by atoms with Crippen LogP contribution in [0.1, 0.15) is 39.4 Å². The van der Waals surface area contributed by atoms with Gasteiger partial charge >= 0.3 is 6.09 Å². The Bertz CT molecular complexity index is 881. The molecule has 0 radical (unpaired) electrons. The molecular formula is C19H26Cl2N2O5S. The first-order valence-corrected chi connectivity index (χ1v) is 11.6. The van der Waals surface area contributed by atoms with Crippen LogP contribution in [0.3, 0.4) is 0 Å². The molecule has 1 atom stereocenters. The highest BCUT2D eigenvalue weighted by molar-refractivity contribution is 7.89. The average Bonchev–Trinajstić information content (AvgIpc) is 2.84. The van der Waals surface area contributed by atoms with Crippen molar-refractivity contribution in [3.8, 4) is 0 Å². The van der Waals surface area contributed by atoms with Crippen molar-refractivity contribution < 1.29 is 22.7 Å². The van der Waals surface area contributed by atoms with E-state index in [9.17, 15) is 13.2 Å². The third-order valence-corrected chi connectivity index (χ3v) is 6.03. The molecule has 162 valence electrons. The molecule has 1 N–H and O–H groups in total. The number of sulfonamides is 1. The first-order valence-electron chi connectivity index (χ1n) is 9.15. The first kappa shape index (κ1) is 23.8. The summed E-state index contributed by atoms with van der Waals surface area (Å²) in [5.74, 6) is -0.0785. The fraction of sp³-hybridized carbons (Fsp3) is 0.526. The Hall–Kier alpha value is -1.48. The molecule has 1 aromatic rings. The number of ether oxygens (including phenoxy) is 2.